The molecule has 166 valence electrons. The molecule has 1 heterocycles. The first-order valence-electron chi connectivity index (χ1n) is 10.5. The smallest absolute Gasteiger partial charge is 0.258 e. The quantitative estimate of drug-likeness (QED) is 0.389. The van der Waals surface area contributed by atoms with Crippen LogP contribution in [0.1, 0.15) is 17.2 Å². The van der Waals surface area contributed by atoms with Crippen molar-refractivity contribution in [1.82, 2.24) is 10.3 Å². The molecule has 1 amide bonds. The van der Waals surface area contributed by atoms with E-state index >= 15 is 0 Å². The van der Waals surface area contributed by atoms with Crippen molar-refractivity contribution >= 4 is 5.91 Å². The van der Waals surface area contributed by atoms with Crippen LogP contribution >= 0.6 is 0 Å². The number of rotatable bonds is 9. The Hall–Kier alpha value is -4.32. The number of methoxy groups -OCH3 is 1. The number of nitrogens with zero attached hydrogens (tertiary/aromatic N) is 1. The van der Waals surface area contributed by atoms with E-state index < -0.39 is 0 Å². The van der Waals surface area contributed by atoms with Crippen LogP contribution in [0.2, 0.25) is 0 Å². The maximum Gasteiger partial charge on any atom is 0.258 e. The Labute approximate surface area is 192 Å². The molecule has 0 spiro atoms. The van der Waals surface area contributed by atoms with Gasteiger partial charge in [0.1, 0.15) is 17.2 Å². The molecule has 0 saturated heterocycles. The van der Waals surface area contributed by atoms with Crippen LogP contribution in [0.3, 0.4) is 0 Å². The molecule has 1 aromatic heterocycles. The number of amides is 1. The predicted octanol–water partition coefficient (Wildman–Crippen LogP) is 5.17. The summed E-state index contributed by atoms with van der Waals surface area (Å²) in [5.41, 5.74) is 1.93. The number of aromatic nitrogens is 1. The molecule has 33 heavy (non-hydrogen) atoms. The van der Waals surface area contributed by atoms with Crippen molar-refractivity contribution in [3.8, 4) is 23.1 Å². The van der Waals surface area contributed by atoms with E-state index in [0.717, 1.165) is 16.9 Å². The number of carbonyl (C=O) groups excluding carboxylic acids is 1. The average molecular weight is 440 g/mol. The SMILES string of the molecule is COc1ccc(C(NC(=O)COc2ccc(Oc3ccccn3)cc2)c2ccccc2)cc1. The van der Waals surface area contributed by atoms with Gasteiger partial charge >= 0.3 is 0 Å². The zero-order chi connectivity index (χ0) is 22.9. The zero-order valence-corrected chi connectivity index (χ0v) is 18.2. The van der Waals surface area contributed by atoms with Gasteiger partial charge in [-0.05, 0) is 53.6 Å². The summed E-state index contributed by atoms with van der Waals surface area (Å²) >= 11 is 0. The van der Waals surface area contributed by atoms with Crippen LogP contribution in [0, 0.1) is 0 Å². The van der Waals surface area contributed by atoms with Gasteiger partial charge in [-0.15, -0.1) is 0 Å². The zero-order valence-electron chi connectivity index (χ0n) is 18.2. The van der Waals surface area contributed by atoms with E-state index in [0.29, 0.717) is 17.4 Å². The van der Waals surface area contributed by atoms with Crippen molar-refractivity contribution < 1.29 is 19.0 Å². The Morgan fingerprint density at radius 2 is 1.42 bits per heavy atom. The Kier molecular flexibility index (Phi) is 7.18. The number of benzene rings is 3. The fraction of sp³-hybridized carbons (Fsp3) is 0.111. The summed E-state index contributed by atoms with van der Waals surface area (Å²) in [4.78, 5) is 16.8. The highest BCUT2D eigenvalue weighted by molar-refractivity contribution is 5.78. The Morgan fingerprint density at radius 1 is 0.788 bits per heavy atom. The van der Waals surface area contributed by atoms with Gasteiger partial charge in [0.2, 0.25) is 5.88 Å². The van der Waals surface area contributed by atoms with Gasteiger partial charge in [-0.1, -0.05) is 48.5 Å². The van der Waals surface area contributed by atoms with Gasteiger partial charge < -0.3 is 19.5 Å². The Morgan fingerprint density at radius 3 is 2.09 bits per heavy atom. The van der Waals surface area contributed by atoms with Gasteiger partial charge in [0.05, 0.1) is 13.2 Å². The van der Waals surface area contributed by atoms with Crippen LogP contribution in [-0.4, -0.2) is 24.6 Å². The first-order chi connectivity index (χ1) is 16.2. The minimum absolute atomic E-state index is 0.111. The fourth-order valence-corrected chi connectivity index (χ4v) is 3.28. The summed E-state index contributed by atoms with van der Waals surface area (Å²) in [6.07, 6.45) is 1.67. The van der Waals surface area contributed by atoms with Crippen molar-refractivity contribution in [2.45, 2.75) is 6.04 Å². The van der Waals surface area contributed by atoms with Crippen LogP contribution in [-0.2, 0) is 4.79 Å². The van der Waals surface area contributed by atoms with E-state index in [-0.39, 0.29) is 18.6 Å². The summed E-state index contributed by atoms with van der Waals surface area (Å²) in [7, 11) is 1.63. The van der Waals surface area contributed by atoms with E-state index in [2.05, 4.69) is 10.3 Å². The van der Waals surface area contributed by atoms with Crippen LogP contribution < -0.4 is 19.5 Å². The van der Waals surface area contributed by atoms with E-state index in [1.807, 2.05) is 66.7 Å². The molecule has 0 aliphatic rings. The molecule has 6 heteroatoms. The lowest BCUT2D eigenvalue weighted by Gasteiger charge is -2.20. The molecular formula is C27H24N2O4. The maximum atomic E-state index is 12.7. The molecule has 4 aromatic rings. The minimum Gasteiger partial charge on any atom is -0.497 e. The lowest BCUT2D eigenvalue weighted by atomic mass is 9.98. The second-order valence-corrected chi connectivity index (χ2v) is 7.21. The molecule has 0 bridgehead atoms. The summed E-state index contributed by atoms with van der Waals surface area (Å²) in [6.45, 7) is -0.111. The van der Waals surface area contributed by atoms with Gasteiger partial charge in [-0.25, -0.2) is 4.98 Å². The van der Waals surface area contributed by atoms with Gasteiger partial charge in [-0.3, -0.25) is 4.79 Å². The molecular weight excluding hydrogens is 416 g/mol. The predicted molar refractivity (Wildman–Crippen MR) is 126 cm³/mol. The topological polar surface area (TPSA) is 69.7 Å². The van der Waals surface area contributed by atoms with Crippen LogP contribution in [0.15, 0.2) is 103 Å². The molecule has 0 aliphatic heterocycles. The molecule has 0 fully saturated rings. The summed E-state index contributed by atoms with van der Waals surface area (Å²) in [5.74, 6) is 2.24. The van der Waals surface area contributed by atoms with E-state index in [1.54, 1.807) is 43.6 Å². The number of hydrogen-bond acceptors (Lipinski definition) is 5. The lowest BCUT2D eigenvalue weighted by Crippen LogP contribution is -2.33. The second kappa shape index (κ2) is 10.8. The van der Waals surface area contributed by atoms with E-state index in [4.69, 9.17) is 14.2 Å². The third-order valence-corrected chi connectivity index (χ3v) is 4.94. The number of pyridine rings is 1. The Bertz CT molecular complexity index is 1150. The van der Waals surface area contributed by atoms with E-state index in [9.17, 15) is 4.79 Å². The number of nitrogens with one attached hydrogen (secondary N) is 1. The Balaban J connectivity index is 1.38. The van der Waals surface area contributed by atoms with Crippen molar-refractivity contribution in [3.05, 3.63) is 114 Å². The molecule has 4 rings (SSSR count). The minimum atomic E-state index is -0.303. The number of ether oxygens (including phenoxy) is 3. The van der Waals surface area contributed by atoms with Gasteiger partial charge in [0.15, 0.2) is 6.61 Å². The highest BCUT2D eigenvalue weighted by Crippen LogP contribution is 2.25. The standard InChI is InChI=1S/C27H24N2O4/c1-31-22-12-10-21(11-13-22)27(20-7-3-2-4-8-20)29-25(30)19-32-23-14-16-24(17-15-23)33-26-9-5-6-18-28-26/h2-18,27H,19H2,1H3,(H,29,30). The molecule has 0 radical (unpaired) electrons. The molecule has 0 saturated carbocycles. The summed E-state index contributed by atoms with van der Waals surface area (Å²) in [5, 5.41) is 3.06. The van der Waals surface area contributed by atoms with Gasteiger partial charge in [-0.2, -0.15) is 0 Å². The molecule has 0 aliphatic carbocycles. The van der Waals surface area contributed by atoms with E-state index in [1.165, 1.54) is 0 Å². The first kappa shape index (κ1) is 21.9. The summed E-state index contributed by atoms with van der Waals surface area (Å²) < 4.78 is 16.6. The van der Waals surface area contributed by atoms with Crippen LogP contribution in [0.25, 0.3) is 0 Å². The number of carbonyl (C=O) groups is 1. The molecule has 6 nitrogen and oxygen atoms in total. The molecule has 1 atom stereocenters. The van der Waals surface area contributed by atoms with Crippen molar-refractivity contribution in [2.75, 3.05) is 13.7 Å². The van der Waals surface area contributed by atoms with Crippen molar-refractivity contribution in [2.24, 2.45) is 0 Å². The normalized spacial score (nSPS) is 11.3. The largest absolute Gasteiger partial charge is 0.497 e. The van der Waals surface area contributed by atoms with Crippen molar-refractivity contribution in [1.29, 1.82) is 0 Å². The van der Waals surface area contributed by atoms with Crippen molar-refractivity contribution in [3.63, 3.8) is 0 Å². The fourth-order valence-electron chi connectivity index (χ4n) is 3.28. The summed E-state index contributed by atoms with van der Waals surface area (Å²) in [6, 6.07) is 29.6. The third-order valence-electron chi connectivity index (χ3n) is 4.94. The highest BCUT2D eigenvalue weighted by atomic mass is 16.5. The second-order valence-electron chi connectivity index (χ2n) is 7.21. The van der Waals surface area contributed by atoms with Gasteiger partial charge in [0.25, 0.3) is 5.91 Å². The van der Waals surface area contributed by atoms with Gasteiger partial charge in [0, 0.05) is 12.3 Å². The monoisotopic (exact) mass is 440 g/mol. The molecule has 3 aromatic carbocycles. The lowest BCUT2D eigenvalue weighted by molar-refractivity contribution is -0.123. The van der Waals surface area contributed by atoms with Crippen LogP contribution in [0.5, 0.6) is 23.1 Å². The third kappa shape index (κ3) is 6.11. The first-order valence-corrected chi connectivity index (χ1v) is 10.5. The number of hydrogen-bond donors (Lipinski definition) is 1. The highest BCUT2D eigenvalue weighted by Gasteiger charge is 2.17. The molecule has 1 unspecified atom stereocenters. The average Bonchev–Trinajstić information content (AvgIpc) is 2.88. The molecule has 1 N–H and O–H groups in total. The maximum absolute atomic E-state index is 12.7. The van der Waals surface area contributed by atoms with Crippen LogP contribution in [0.4, 0.5) is 0 Å².